The molecule has 3 heteroatoms. The first-order chi connectivity index (χ1) is 8.95. The maximum absolute atomic E-state index is 12.2. The third-order valence-corrected chi connectivity index (χ3v) is 3.52. The van der Waals surface area contributed by atoms with E-state index in [1.807, 2.05) is 7.05 Å². The molecule has 1 aromatic rings. The molecule has 1 unspecified atom stereocenters. The van der Waals surface area contributed by atoms with E-state index < -0.39 is 0 Å². The molecule has 0 aliphatic rings. The molecular weight excluding hydrogens is 236 g/mol. The molecule has 0 aliphatic carbocycles. The molecule has 0 saturated heterocycles. The van der Waals surface area contributed by atoms with E-state index in [9.17, 15) is 4.79 Å². The van der Waals surface area contributed by atoms with Crippen LogP contribution in [0.5, 0.6) is 0 Å². The topological polar surface area (TPSA) is 41.1 Å². The first-order valence-electron chi connectivity index (χ1n) is 6.94. The van der Waals surface area contributed by atoms with Gasteiger partial charge in [0, 0.05) is 13.1 Å². The lowest BCUT2D eigenvalue weighted by Gasteiger charge is -2.20. The molecule has 19 heavy (non-hydrogen) atoms. The minimum absolute atomic E-state index is 0.0238. The fourth-order valence-corrected chi connectivity index (χ4v) is 2.21. The Kier molecular flexibility index (Phi) is 6.03. The Balaban J connectivity index is 2.62. The summed E-state index contributed by atoms with van der Waals surface area (Å²) in [6.45, 7) is 9.66. The minimum Gasteiger partial charge on any atom is -0.352 e. The van der Waals surface area contributed by atoms with Crippen LogP contribution in [0.2, 0.25) is 0 Å². The van der Waals surface area contributed by atoms with Gasteiger partial charge in [0.25, 0.3) is 0 Å². The van der Waals surface area contributed by atoms with E-state index in [2.05, 4.69) is 56.5 Å². The van der Waals surface area contributed by atoms with Crippen LogP contribution in [0.25, 0.3) is 0 Å². The van der Waals surface area contributed by atoms with Gasteiger partial charge in [0.1, 0.15) is 0 Å². The first-order valence-corrected chi connectivity index (χ1v) is 6.94. The van der Waals surface area contributed by atoms with E-state index in [1.54, 1.807) is 0 Å². The van der Waals surface area contributed by atoms with Crippen LogP contribution in [0.15, 0.2) is 18.2 Å². The van der Waals surface area contributed by atoms with E-state index in [1.165, 1.54) is 16.7 Å². The zero-order valence-corrected chi connectivity index (χ0v) is 12.7. The molecule has 0 radical (unpaired) electrons. The van der Waals surface area contributed by atoms with E-state index in [0.717, 1.165) is 6.54 Å². The Hall–Kier alpha value is -1.35. The Labute approximate surface area is 116 Å². The second-order valence-corrected chi connectivity index (χ2v) is 5.56. The van der Waals surface area contributed by atoms with Gasteiger partial charge < -0.3 is 10.6 Å². The summed E-state index contributed by atoms with van der Waals surface area (Å²) in [5.74, 6) is 0.492. The molecule has 0 fully saturated rings. The van der Waals surface area contributed by atoms with Crippen LogP contribution >= 0.6 is 0 Å². The van der Waals surface area contributed by atoms with Crippen LogP contribution in [-0.2, 0) is 11.3 Å². The summed E-state index contributed by atoms with van der Waals surface area (Å²) in [7, 11) is 1.88. The Morgan fingerprint density at radius 3 is 2.47 bits per heavy atom. The molecule has 1 atom stereocenters. The largest absolute Gasteiger partial charge is 0.352 e. The monoisotopic (exact) mass is 262 g/mol. The Bertz CT molecular complexity index is 427. The highest BCUT2D eigenvalue weighted by atomic mass is 16.1. The summed E-state index contributed by atoms with van der Waals surface area (Å²) < 4.78 is 0. The molecule has 0 spiro atoms. The minimum atomic E-state index is 0.0238. The van der Waals surface area contributed by atoms with Crippen LogP contribution in [0.3, 0.4) is 0 Å². The van der Waals surface area contributed by atoms with Crippen molar-refractivity contribution in [2.24, 2.45) is 11.8 Å². The zero-order chi connectivity index (χ0) is 14.4. The van der Waals surface area contributed by atoms with E-state index in [-0.39, 0.29) is 11.8 Å². The lowest BCUT2D eigenvalue weighted by atomic mass is 9.94. The summed E-state index contributed by atoms with van der Waals surface area (Å²) >= 11 is 0. The second kappa shape index (κ2) is 7.29. The van der Waals surface area contributed by atoms with Crippen molar-refractivity contribution in [3.05, 3.63) is 34.9 Å². The van der Waals surface area contributed by atoms with Crippen LogP contribution in [0.1, 0.15) is 30.5 Å². The summed E-state index contributed by atoms with van der Waals surface area (Å²) in [5.41, 5.74) is 3.67. The SMILES string of the molecule is CNCC(C(=O)NCc1ccc(C)cc1C)C(C)C. The highest BCUT2D eigenvalue weighted by molar-refractivity contribution is 5.79. The molecule has 1 rings (SSSR count). The van der Waals surface area contributed by atoms with Crippen molar-refractivity contribution >= 4 is 5.91 Å². The van der Waals surface area contributed by atoms with Crippen molar-refractivity contribution in [1.29, 1.82) is 0 Å². The average molecular weight is 262 g/mol. The van der Waals surface area contributed by atoms with Crippen molar-refractivity contribution in [2.45, 2.75) is 34.2 Å². The fourth-order valence-electron chi connectivity index (χ4n) is 2.21. The van der Waals surface area contributed by atoms with Crippen LogP contribution in [0, 0.1) is 25.7 Å². The van der Waals surface area contributed by atoms with Gasteiger partial charge in [-0.3, -0.25) is 4.79 Å². The second-order valence-electron chi connectivity index (χ2n) is 5.56. The van der Waals surface area contributed by atoms with Crippen LogP contribution < -0.4 is 10.6 Å². The highest BCUT2D eigenvalue weighted by Gasteiger charge is 2.20. The molecule has 0 heterocycles. The third kappa shape index (κ3) is 4.67. The van der Waals surface area contributed by atoms with Crippen molar-refractivity contribution in [3.63, 3.8) is 0 Å². The highest BCUT2D eigenvalue weighted by Crippen LogP contribution is 2.12. The van der Waals surface area contributed by atoms with Crippen LogP contribution in [0.4, 0.5) is 0 Å². The summed E-state index contributed by atoms with van der Waals surface area (Å²) in [6.07, 6.45) is 0. The predicted molar refractivity (Wildman–Crippen MR) is 80.0 cm³/mol. The maximum atomic E-state index is 12.2. The average Bonchev–Trinajstić information content (AvgIpc) is 2.34. The van der Waals surface area contributed by atoms with Crippen LogP contribution in [-0.4, -0.2) is 19.5 Å². The number of hydrogen-bond acceptors (Lipinski definition) is 2. The predicted octanol–water partition coefficient (Wildman–Crippen LogP) is 2.41. The number of carbonyl (C=O) groups is 1. The lowest BCUT2D eigenvalue weighted by Crippen LogP contribution is -2.38. The smallest absolute Gasteiger partial charge is 0.224 e. The number of benzene rings is 1. The summed E-state index contributed by atoms with van der Waals surface area (Å²) in [4.78, 5) is 12.2. The standard InChI is InChI=1S/C16H26N2O/c1-11(2)15(10-17-5)16(19)18-9-14-7-6-12(3)8-13(14)4/h6-8,11,15,17H,9-10H2,1-5H3,(H,18,19). The molecule has 106 valence electrons. The van der Waals surface area contributed by atoms with Crippen molar-refractivity contribution in [3.8, 4) is 0 Å². The number of amides is 1. The molecule has 0 aliphatic heterocycles. The number of hydrogen-bond donors (Lipinski definition) is 2. The van der Waals surface area contributed by atoms with E-state index in [4.69, 9.17) is 0 Å². The number of aryl methyl sites for hydroxylation is 2. The molecule has 3 nitrogen and oxygen atoms in total. The fraction of sp³-hybridized carbons (Fsp3) is 0.562. The summed E-state index contributed by atoms with van der Waals surface area (Å²) in [5, 5.41) is 6.13. The maximum Gasteiger partial charge on any atom is 0.224 e. The van der Waals surface area contributed by atoms with Gasteiger partial charge in [-0.15, -0.1) is 0 Å². The van der Waals surface area contributed by atoms with Gasteiger partial charge in [0.15, 0.2) is 0 Å². The molecule has 0 aromatic heterocycles. The Morgan fingerprint density at radius 2 is 1.95 bits per heavy atom. The molecule has 1 aromatic carbocycles. The zero-order valence-electron chi connectivity index (χ0n) is 12.7. The molecule has 1 amide bonds. The van der Waals surface area contributed by atoms with E-state index in [0.29, 0.717) is 12.5 Å². The van der Waals surface area contributed by atoms with Crippen molar-refractivity contribution in [2.75, 3.05) is 13.6 Å². The quantitative estimate of drug-likeness (QED) is 0.826. The van der Waals surface area contributed by atoms with E-state index >= 15 is 0 Å². The normalized spacial score (nSPS) is 12.5. The molecule has 2 N–H and O–H groups in total. The summed E-state index contributed by atoms with van der Waals surface area (Å²) in [6, 6.07) is 6.32. The number of rotatable bonds is 6. The molecule has 0 saturated carbocycles. The number of nitrogens with one attached hydrogen (secondary N) is 2. The first kappa shape index (κ1) is 15.7. The van der Waals surface area contributed by atoms with Gasteiger partial charge >= 0.3 is 0 Å². The van der Waals surface area contributed by atoms with Crippen molar-refractivity contribution in [1.82, 2.24) is 10.6 Å². The van der Waals surface area contributed by atoms with Gasteiger partial charge in [-0.25, -0.2) is 0 Å². The van der Waals surface area contributed by atoms with Gasteiger partial charge in [-0.2, -0.15) is 0 Å². The lowest BCUT2D eigenvalue weighted by molar-refractivity contribution is -0.126. The van der Waals surface area contributed by atoms with Crippen molar-refractivity contribution < 1.29 is 4.79 Å². The van der Waals surface area contributed by atoms with Gasteiger partial charge in [0.05, 0.1) is 5.92 Å². The molecular formula is C16H26N2O. The van der Waals surface area contributed by atoms with Gasteiger partial charge in [0.2, 0.25) is 5.91 Å². The Morgan fingerprint density at radius 1 is 1.26 bits per heavy atom. The van der Waals surface area contributed by atoms with Gasteiger partial charge in [-0.05, 0) is 37.9 Å². The number of carbonyl (C=O) groups excluding carboxylic acids is 1. The third-order valence-electron chi connectivity index (χ3n) is 3.52. The van der Waals surface area contributed by atoms with Gasteiger partial charge in [-0.1, -0.05) is 37.6 Å². The molecule has 0 bridgehead atoms.